The van der Waals surface area contributed by atoms with E-state index in [1.54, 1.807) is 19.2 Å². The van der Waals surface area contributed by atoms with Gasteiger partial charge in [-0.25, -0.2) is 9.37 Å². The fourth-order valence-electron chi connectivity index (χ4n) is 3.97. The van der Waals surface area contributed by atoms with Gasteiger partial charge in [0, 0.05) is 50.2 Å². The van der Waals surface area contributed by atoms with Gasteiger partial charge < -0.3 is 36.2 Å². The Balaban J connectivity index is 1.58. The summed E-state index contributed by atoms with van der Waals surface area (Å²) in [7, 11) is 5.08. The average molecular weight is 509 g/mol. The monoisotopic (exact) mass is 508 g/mol. The Labute approximate surface area is 213 Å². The molecule has 2 amide bonds. The summed E-state index contributed by atoms with van der Waals surface area (Å²) in [6, 6.07) is 9.91. The van der Waals surface area contributed by atoms with Crippen LogP contribution in [-0.4, -0.2) is 74.1 Å². The highest BCUT2D eigenvalue weighted by molar-refractivity contribution is 6.01. The van der Waals surface area contributed by atoms with Gasteiger partial charge in [0.15, 0.2) is 11.6 Å². The predicted octanol–water partition coefficient (Wildman–Crippen LogP) is 2.32. The van der Waals surface area contributed by atoms with E-state index in [1.165, 1.54) is 19.2 Å². The number of piperazine rings is 1. The third kappa shape index (κ3) is 5.86. The number of rotatable bonds is 8. The lowest BCUT2D eigenvalue weighted by molar-refractivity contribution is 0.0961. The molecule has 37 heavy (non-hydrogen) atoms. The number of carbonyl (C=O) groups is 2. The van der Waals surface area contributed by atoms with Crippen LogP contribution in [0.3, 0.4) is 0 Å². The maximum Gasteiger partial charge on any atom is 0.253 e. The molecule has 12 heteroatoms. The summed E-state index contributed by atoms with van der Waals surface area (Å²) in [5.74, 6) is -1.22. The molecule has 0 spiro atoms. The van der Waals surface area contributed by atoms with Gasteiger partial charge in [0.05, 0.1) is 24.6 Å². The number of nitrogens with one attached hydrogen (secondary N) is 3. The summed E-state index contributed by atoms with van der Waals surface area (Å²) in [6.45, 7) is 3.44. The number of methoxy groups -OCH3 is 1. The van der Waals surface area contributed by atoms with Gasteiger partial charge in [-0.15, -0.1) is 0 Å². The molecular formula is C25H29FN8O3. The van der Waals surface area contributed by atoms with Crippen molar-refractivity contribution < 1.29 is 18.7 Å². The van der Waals surface area contributed by atoms with Crippen molar-refractivity contribution in [2.75, 3.05) is 62.9 Å². The molecule has 4 rings (SSSR count). The SMILES string of the molecule is CNC(=O)c1cc(Nc2ncc(F)c(Nc3ccc(C(N)=O)cc3OC)n2)ccc1N1CCN(C)CC1. The highest BCUT2D eigenvalue weighted by Crippen LogP contribution is 2.30. The van der Waals surface area contributed by atoms with E-state index in [9.17, 15) is 14.0 Å². The largest absolute Gasteiger partial charge is 0.495 e. The van der Waals surface area contributed by atoms with Crippen molar-refractivity contribution in [2.24, 2.45) is 5.73 Å². The number of carbonyl (C=O) groups excluding carboxylic acids is 2. The number of benzene rings is 2. The minimum atomic E-state index is -0.692. The standard InChI is InChI=1S/C25H29FN8O3/c1-28-24(36)17-13-16(5-7-20(17)34-10-8-33(2)9-11-34)30-25-29-14-18(26)23(32-25)31-19-6-4-15(22(27)35)12-21(19)37-3/h4-7,12-14H,8-11H2,1-3H3,(H2,27,35)(H,28,36)(H2,29,30,31,32). The Hall–Kier alpha value is -4.45. The third-order valence-electron chi connectivity index (χ3n) is 6.05. The van der Waals surface area contributed by atoms with Gasteiger partial charge in [0.25, 0.3) is 5.91 Å². The zero-order valence-electron chi connectivity index (χ0n) is 20.8. The van der Waals surface area contributed by atoms with Gasteiger partial charge in [-0.1, -0.05) is 0 Å². The smallest absolute Gasteiger partial charge is 0.253 e. The van der Waals surface area contributed by atoms with E-state index < -0.39 is 11.7 Å². The molecule has 0 unspecified atom stereocenters. The Morgan fingerprint density at radius 1 is 1.08 bits per heavy atom. The van der Waals surface area contributed by atoms with Crippen LogP contribution in [0.5, 0.6) is 5.75 Å². The van der Waals surface area contributed by atoms with Gasteiger partial charge >= 0.3 is 0 Å². The van der Waals surface area contributed by atoms with Crippen LogP contribution in [0.25, 0.3) is 0 Å². The Morgan fingerprint density at radius 2 is 1.84 bits per heavy atom. The number of nitrogens with two attached hydrogens (primary N) is 1. The van der Waals surface area contributed by atoms with E-state index in [0.29, 0.717) is 22.7 Å². The van der Waals surface area contributed by atoms with Crippen LogP contribution in [0.2, 0.25) is 0 Å². The lowest BCUT2D eigenvalue weighted by Crippen LogP contribution is -2.45. The second kappa shape index (κ2) is 11.1. The van der Waals surface area contributed by atoms with Crippen LogP contribution >= 0.6 is 0 Å². The zero-order chi connectivity index (χ0) is 26.5. The van der Waals surface area contributed by atoms with Gasteiger partial charge in [-0.3, -0.25) is 9.59 Å². The van der Waals surface area contributed by atoms with Gasteiger partial charge in [-0.2, -0.15) is 4.98 Å². The summed E-state index contributed by atoms with van der Waals surface area (Å²) in [5.41, 5.74) is 7.87. The van der Waals surface area contributed by atoms with E-state index in [4.69, 9.17) is 10.5 Å². The molecule has 1 aliphatic heterocycles. The quantitative estimate of drug-likeness (QED) is 0.361. The number of hydrogen-bond acceptors (Lipinski definition) is 9. The molecule has 1 fully saturated rings. The van der Waals surface area contributed by atoms with E-state index in [-0.39, 0.29) is 23.2 Å². The van der Waals surface area contributed by atoms with Crippen molar-refractivity contribution in [3.63, 3.8) is 0 Å². The molecule has 11 nitrogen and oxygen atoms in total. The van der Waals surface area contributed by atoms with Crippen molar-refractivity contribution in [3.05, 3.63) is 59.5 Å². The number of amides is 2. The van der Waals surface area contributed by atoms with Gasteiger partial charge in [0.1, 0.15) is 5.75 Å². The molecular weight excluding hydrogens is 479 g/mol. The molecule has 2 aromatic carbocycles. The lowest BCUT2D eigenvalue weighted by Gasteiger charge is -2.35. The first kappa shape index (κ1) is 25.6. The normalized spacial score (nSPS) is 13.7. The molecule has 0 bridgehead atoms. The molecule has 2 heterocycles. The summed E-state index contributed by atoms with van der Waals surface area (Å²) in [4.78, 5) is 36.8. The molecule has 0 aliphatic carbocycles. The first-order valence-electron chi connectivity index (χ1n) is 11.6. The van der Waals surface area contributed by atoms with Gasteiger partial charge in [0.2, 0.25) is 11.9 Å². The summed E-state index contributed by atoms with van der Waals surface area (Å²) in [6.07, 6.45) is 1.03. The molecule has 0 saturated carbocycles. The molecule has 0 atom stereocenters. The number of anilines is 5. The minimum absolute atomic E-state index is 0.108. The van der Waals surface area contributed by atoms with Crippen LogP contribution in [0.4, 0.5) is 33.2 Å². The van der Waals surface area contributed by atoms with Crippen LogP contribution in [0.15, 0.2) is 42.6 Å². The summed E-state index contributed by atoms with van der Waals surface area (Å²) < 4.78 is 19.8. The highest BCUT2D eigenvalue weighted by Gasteiger charge is 2.21. The molecule has 5 N–H and O–H groups in total. The molecule has 3 aromatic rings. The number of likely N-dealkylation sites (N-methyl/N-ethyl adjacent to an activating group) is 1. The van der Waals surface area contributed by atoms with Gasteiger partial charge in [-0.05, 0) is 43.4 Å². The highest BCUT2D eigenvalue weighted by atomic mass is 19.1. The molecule has 194 valence electrons. The molecule has 1 aliphatic rings. The number of ether oxygens (including phenoxy) is 1. The van der Waals surface area contributed by atoms with Crippen molar-refractivity contribution in [2.45, 2.75) is 0 Å². The van der Waals surface area contributed by atoms with Crippen LogP contribution in [0, 0.1) is 5.82 Å². The fourth-order valence-corrected chi connectivity index (χ4v) is 3.97. The first-order valence-corrected chi connectivity index (χ1v) is 11.6. The van der Waals surface area contributed by atoms with Crippen molar-refractivity contribution >= 4 is 40.6 Å². The number of nitrogens with zero attached hydrogens (tertiary/aromatic N) is 4. The molecule has 0 radical (unpaired) electrons. The summed E-state index contributed by atoms with van der Waals surface area (Å²) >= 11 is 0. The zero-order valence-corrected chi connectivity index (χ0v) is 20.8. The number of halogens is 1. The van der Waals surface area contributed by atoms with E-state index in [2.05, 4.69) is 42.8 Å². The van der Waals surface area contributed by atoms with Crippen molar-refractivity contribution in [1.82, 2.24) is 20.2 Å². The maximum atomic E-state index is 14.5. The maximum absolute atomic E-state index is 14.5. The number of primary amides is 1. The summed E-state index contributed by atoms with van der Waals surface area (Å²) in [5, 5.41) is 8.59. The third-order valence-corrected chi connectivity index (χ3v) is 6.05. The van der Waals surface area contributed by atoms with Crippen LogP contribution in [0.1, 0.15) is 20.7 Å². The fraction of sp³-hybridized carbons (Fsp3) is 0.280. The lowest BCUT2D eigenvalue weighted by atomic mass is 10.1. The second-order valence-corrected chi connectivity index (χ2v) is 8.52. The number of hydrogen-bond donors (Lipinski definition) is 4. The Bertz CT molecular complexity index is 1310. The van der Waals surface area contributed by atoms with Crippen molar-refractivity contribution in [3.8, 4) is 5.75 Å². The molecule has 1 saturated heterocycles. The Kier molecular flexibility index (Phi) is 7.68. The van der Waals surface area contributed by atoms with E-state index in [1.807, 2.05) is 12.1 Å². The van der Waals surface area contributed by atoms with Crippen LogP contribution in [-0.2, 0) is 0 Å². The second-order valence-electron chi connectivity index (χ2n) is 8.52. The number of aromatic nitrogens is 2. The topological polar surface area (TPSA) is 138 Å². The van der Waals surface area contributed by atoms with Crippen LogP contribution < -0.4 is 31.3 Å². The minimum Gasteiger partial charge on any atom is -0.495 e. The van der Waals surface area contributed by atoms with E-state index >= 15 is 0 Å². The van der Waals surface area contributed by atoms with E-state index in [0.717, 1.165) is 38.1 Å². The first-order chi connectivity index (χ1) is 17.8. The van der Waals surface area contributed by atoms with Crippen molar-refractivity contribution in [1.29, 1.82) is 0 Å². The predicted molar refractivity (Wildman–Crippen MR) is 140 cm³/mol. The average Bonchev–Trinajstić information content (AvgIpc) is 2.90. The molecule has 1 aromatic heterocycles. The Morgan fingerprint density at radius 3 is 2.51 bits per heavy atom.